The zero-order valence-corrected chi connectivity index (χ0v) is 19.3. The first-order valence-electron chi connectivity index (χ1n) is 11.5. The lowest BCUT2D eigenvalue weighted by Crippen LogP contribution is -2.56. The SMILES string of the molecule is Cc1ccc(N2CCC(O)(CN3CC[C@@H]4[C@@H](CCCCN4S(C)(=O)=O)C3)CC2)cc1. The van der Waals surface area contributed by atoms with Crippen molar-refractivity contribution >= 4 is 15.7 Å². The lowest BCUT2D eigenvalue weighted by atomic mass is 9.86. The van der Waals surface area contributed by atoms with Crippen molar-refractivity contribution in [2.75, 3.05) is 50.4 Å². The molecule has 2 atom stereocenters. The molecule has 0 bridgehead atoms. The molecule has 0 aromatic heterocycles. The second kappa shape index (κ2) is 8.77. The van der Waals surface area contributed by atoms with E-state index < -0.39 is 15.6 Å². The van der Waals surface area contributed by atoms with Gasteiger partial charge in [0.25, 0.3) is 0 Å². The maximum absolute atomic E-state index is 12.3. The van der Waals surface area contributed by atoms with Crippen LogP contribution < -0.4 is 4.90 Å². The van der Waals surface area contributed by atoms with Crippen LogP contribution in [0, 0.1) is 12.8 Å². The van der Waals surface area contributed by atoms with E-state index in [2.05, 4.69) is 41.0 Å². The molecule has 1 aromatic carbocycles. The van der Waals surface area contributed by atoms with Crippen LogP contribution in [0.2, 0.25) is 0 Å². The van der Waals surface area contributed by atoms with Crippen LogP contribution in [0.3, 0.4) is 0 Å². The van der Waals surface area contributed by atoms with Crippen LogP contribution in [0.1, 0.15) is 44.1 Å². The lowest BCUT2D eigenvalue weighted by Gasteiger charge is -2.46. The third-order valence-corrected chi connectivity index (χ3v) is 8.69. The van der Waals surface area contributed by atoms with Gasteiger partial charge in [-0.25, -0.2) is 8.42 Å². The molecule has 168 valence electrons. The number of benzene rings is 1. The van der Waals surface area contributed by atoms with Gasteiger partial charge in [0, 0.05) is 44.5 Å². The predicted octanol–water partition coefficient (Wildman–Crippen LogP) is 2.46. The van der Waals surface area contributed by atoms with Crippen LogP contribution in [0.15, 0.2) is 24.3 Å². The molecule has 4 rings (SSSR count). The highest BCUT2D eigenvalue weighted by atomic mass is 32.2. The Hall–Kier alpha value is -1.15. The molecule has 3 saturated heterocycles. The molecule has 30 heavy (non-hydrogen) atoms. The highest BCUT2D eigenvalue weighted by Gasteiger charge is 2.41. The third-order valence-electron chi connectivity index (χ3n) is 7.39. The van der Waals surface area contributed by atoms with Crippen LogP contribution in [0.25, 0.3) is 0 Å². The zero-order valence-electron chi connectivity index (χ0n) is 18.5. The number of aliphatic hydroxyl groups is 1. The minimum atomic E-state index is -3.15. The average Bonchev–Trinajstić information content (AvgIpc) is 2.91. The smallest absolute Gasteiger partial charge is 0.211 e. The average molecular weight is 436 g/mol. The van der Waals surface area contributed by atoms with Crippen molar-refractivity contribution in [1.82, 2.24) is 9.21 Å². The van der Waals surface area contributed by atoms with Gasteiger partial charge in [-0.15, -0.1) is 0 Å². The molecule has 1 N–H and O–H groups in total. The first-order chi connectivity index (χ1) is 14.2. The summed E-state index contributed by atoms with van der Waals surface area (Å²) in [6.07, 6.45) is 6.93. The number of aryl methyl sites for hydroxylation is 1. The van der Waals surface area contributed by atoms with Crippen molar-refractivity contribution in [1.29, 1.82) is 0 Å². The van der Waals surface area contributed by atoms with Crippen LogP contribution in [-0.4, -0.2) is 79.9 Å². The van der Waals surface area contributed by atoms with Crippen molar-refractivity contribution in [3.05, 3.63) is 29.8 Å². The lowest BCUT2D eigenvalue weighted by molar-refractivity contribution is -0.0317. The largest absolute Gasteiger partial charge is 0.388 e. The predicted molar refractivity (Wildman–Crippen MR) is 121 cm³/mol. The number of likely N-dealkylation sites (tertiary alicyclic amines) is 1. The summed E-state index contributed by atoms with van der Waals surface area (Å²) in [5.74, 6) is 0.382. The molecular formula is C23H37N3O3S. The van der Waals surface area contributed by atoms with Gasteiger partial charge in [-0.3, -0.25) is 0 Å². The van der Waals surface area contributed by atoms with Gasteiger partial charge in [-0.05, 0) is 63.6 Å². The zero-order chi connectivity index (χ0) is 21.4. The topological polar surface area (TPSA) is 64.1 Å². The first kappa shape index (κ1) is 22.1. The van der Waals surface area contributed by atoms with Crippen LogP contribution >= 0.6 is 0 Å². The number of sulfonamides is 1. The van der Waals surface area contributed by atoms with Crippen molar-refractivity contribution in [3.63, 3.8) is 0 Å². The van der Waals surface area contributed by atoms with Gasteiger partial charge in [0.2, 0.25) is 10.0 Å². The molecular weight excluding hydrogens is 398 g/mol. The summed E-state index contributed by atoms with van der Waals surface area (Å²) < 4.78 is 26.3. The Morgan fingerprint density at radius 1 is 1.03 bits per heavy atom. The number of anilines is 1. The molecule has 3 aliphatic rings. The normalized spacial score (nSPS) is 28.7. The van der Waals surface area contributed by atoms with E-state index in [0.29, 0.717) is 19.0 Å². The summed E-state index contributed by atoms with van der Waals surface area (Å²) in [6.45, 7) is 7.00. The van der Waals surface area contributed by atoms with Crippen molar-refractivity contribution in [3.8, 4) is 0 Å². The van der Waals surface area contributed by atoms with Gasteiger partial charge in [-0.2, -0.15) is 4.31 Å². The molecule has 7 heteroatoms. The molecule has 0 unspecified atom stereocenters. The Balaban J connectivity index is 1.34. The minimum Gasteiger partial charge on any atom is -0.388 e. The molecule has 3 aliphatic heterocycles. The molecule has 0 aliphatic carbocycles. The fourth-order valence-electron chi connectivity index (χ4n) is 5.66. The second-order valence-electron chi connectivity index (χ2n) is 9.77. The van der Waals surface area contributed by atoms with Gasteiger partial charge >= 0.3 is 0 Å². The van der Waals surface area contributed by atoms with Crippen LogP contribution in [0.4, 0.5) is 5.69 Å². The molecule has 1 aromatic rings. The maximum Gasteiger partial charge on any atom is 0.211 e. The number of hydrogen-bond donors (Lipinski definition) is 1. The Bertz CT molecular complexity index is 819. The van der Waals surface area contributed by atoms with Crippen molar-refractivity contribution in [2.24, 2.45) is 5.92 Å². The number of fused-ring (bicyclic) bond motifs is 1. The van der Waals surface area contributed by atoms with Crippen LogP contribution in [-0.2, 0) is 10.0 Å². The summed E-state index contributed by atoms with van der Waals surface area (Å²) in [5.41, 5.74) is 1.86. The van der Waals surface area contributed by atoms with E-state index >= 15 is 0 Å². The first-order valence-corrected chi connectivity index (χ1v) is 13.3. The Morgan fingerprint density at radius 3 is 2.40 bits per heavy atom. The van der Waals surface area contributed by atoms with E-state index in [1.807, 2.05) is 0 Å². The Kier molecular flexibility index (Phi) is 6.45. The standard InChI is InChI=1S/C23H37N3O3S/c1-19-6-8-21(9-7-19)25-15-11-23(27,12-16-25)18-24-14-10-22-20(17-24)5-3-4-13-26(22)30(2,28)29/h6-9,20,22,27H,3-5,10-18H2,1-2H3/t20-,22+/m0/s1. The van der Waals surface area contributed by atoms with Gasteiger partial charge < -0.3 is 14.9 Å². The van der Waals surface area contributed by atoms with Crippen molar-refractivity contribution < 1.29 is 13.5 Å². The minimum absolute atomic E-state index is 0.136. The Morgan fingerprint density at radius 2 is 1.73 bits per heavy atom. The number of piperidine rings is 2. The molecule has 3 heterocycles. The number of β-amino-alcohol motifs (C(OH)–C–C–N with tert-alkyl or cyclic N) is 1. The van der Waals surface area contributed by atoms with Gasteiger partial charge in [0.15, 0.2) is 0 Å². The van der Waals surface area contributed by atoms with E-state index in [1.165, 1.54) is 17.5 Å². The van der Waals surface area contributed by atoms with Crippen LogP contribution in [0.5, 0.6) is 0 Å². The maximum atomic E-state index is 12.3. The highest BCUT2D eigenvalue weighted by molar-refractivity contribution is 7.88. The van der Waals surface area contributed by atoms with E-state index in [-0.39, 0.29) is 6.04 Å². The van der Waals surface area contributed by atoms with E-state index in [1.54, 1.807) is 4.31 Å². The fourth-order valence-corrected chi connectivity index (χ4v) is 6.89. The second-order valence-corrected chi connectivity index (χ2v) is 11.7. The monoisotopic (exact) mass is 435 g/mol. The van der Waals surface area contributed by atoms with E-state index in [0.717, 1.165) is 64.7 Å². The van der Waals surface area contributed by atoms with Gasteiger partial charge in [0.1, 0.15) is 0 Å². The third kappa shape index (κ3) is 5.01. The van der Waals surface area contributed by atoms with Gasteiger partial charge in [0.05, 0.1) is 11.9 Å². The summed E-state index contributed by atoms with van der Waals surface area (Å²) in [5, 5.41) is 11.3. The number of hydrogen-bond acceptors (Lipinski definition) is 5. The van der Waals surface area contributed by atoms with E-state index in [9.17, 15) is 13.5 Å². The molecule has 3 fully saturated rings. The molecule has 6 nitrogen and oxygen atoms in total. The molecule has 0 spiro atoms. The van der Waals surface area contributed by atoms with E-state index in [4.69, 9.17) is 0 Å². The Labute approximate surface area is 181 Å². The summed E-state index contributed by atoms with van der Waals surface area (Å²) in [7, 11) is -3.15. The molecule has 0 amide bonds. The van der Waals surface area contributed by atoms with Gasteiger partial charge in [-0.1, -0.05) is 24.1 Å². The summed E-state index contributed by atoms with van der Waals surface area (Å²) >= 11 is 0. The highest BCUT2D eigenvalue weighted by Crippen LogP contribution is 2.33. The summed E-state index contributed by atoms with van der Waals surface area (Å²) in [6, 6.07) is 8.77. The summed E-state index contributed by atoms with van der Waals surface area (Å²) in [4.78, 5) is 4.77. The quantitative estimate of drug-likeness (QED) is 0.787. The van der Waals surface area contributed by atoms with Crippen molar-refractivity contribution in [2.45, 2.75) is 57.1 Å². The fraction of sp³-hybridized carbons (Fsp3) is 0.739. The number of nitrogens with zero attached hydrogens (tertiary/aromatic N) is 3. The molecule has 0 radical (unpaired) electrons. The number of rotatable bonds is 4. The molecule has 0 saturated carbocycles.